The number of para-hydroxylation sites is 1. The molecule has 0 amide bonds. The Hall–Kier alpha value is -2.43. The Labute approximate surface area is 271 Å². The van der Waals surface area contributed by atoms with E-state index in [0.717, 1.165) is 73.3 Å². The summed E-state index contributed by atoms with van der Waals surface area (Å²) >= 11 is 1.51. The summed E-state index contributed by atoms with van der Waals surface area (Å²) in [7, 11) is 0. The number of carbonyl (C=O) groups is 1. The van der Waals surface area contributed by atoms with E-state index in [9.17, 15) is 18.0 Å². The summed E-state index contributed by atoms with van der Waals surface area (Å²) in [5, 5.41) is 0. The van der Waals surface area contributed by atoms with Crippen LogP contribution in [0.15, 0.2) is 52.3 Å². The molecule has 6 nitrogen and oxygen atoms in total. The highest BCUT2D eigenvalue weighted by Gasteiger charge is 2.33. The van der Waals surface area contributed by atoms with Crippen LogP contribution in [0, 0.1) is 0 Å². The first kappa shape index (κ1) is 35.4. The second-order valence-electron chi connectivity index (χ2n) is 12.0. The van der Waals surface area contributed by atoms with Crippen LogP contribution in [-0.2, 0) is 20.4 Å². The molecule has 0 aromatic heterocycles. The van der Waals surface area contributed by atoms with E-state index in [1.165, 1.54) is 62.8 Å². The molecule has 0 N–H and O–H groups in total. The van der Waals surface area contributed by atoms with E-state index in [1.54, 1.807) is 13.0 Å². The van der Waals surface area contributed by atoms with Gasteiger partial charge in [-0.3, -0.25) is 0 Å². The molecule has 0 bridgehead atoms. The van der Waals surface area contributed by atoms with Gasteiger partial charge in [-0.25, -0.2) is 4.79 Å². The number of hydrogen-bond donors (Lipinski definition) is 0. The van der Waals surface area contributed by atoms with Crippen LogP contribution < -0.4 is 4.90 Å². The van der Waals surface area contributed by atoms with E-state index >= 15 is 0 Å². The van der Waals surface area contributed by atoms with Crippen molar-refractivity contribution in [1.82, 2.24) is 4.90 Å². The number of rotatable bonds is 17. The monoisotopic (exact) mass is 650 g/mol. The normalized spacial score (nSPS) is 16.2. The molecule has 1 fully saturated rings. The number of hydrogen-bond acceptors (Lipinski definition) is 7. The van der Waals surface area contributed by atoms with Crippen LogP contribution in [0.5, 0.6) is 0 Å². The third-order valence-corrected chi connectivity index (χ3v) is 9.59. The van der Waals surface area contributed by atoms with Crippen molar-refractivity contribution >= 4 is 29.3 Å². The SMILES string of the molecule is CCCCCCCCCCCOC(=O)OC(C)OC1CCN(CCCN2c3ccccc3Sc3ccc(C(F)(F)F)cc32)CC1. The Balaban J connectivity index is 1.12. The van der Waals surface area contributed by atoms with Gasteiger partial charge in [0.1, 0.15) is 0 Å². The third kappa shape index (κ3) is 11.4. The van der Waals surface area contributed by atoms with Gasteiger partial charge in [-0.2, -0.15) is 13.2 Å². The lowest BCUT2D eigenvalue weighted by Gasteiger charge is -2.35. The van der Waals surface area contributed by atoms with E-state index in [4.69, 9.17) is 14.2 Å². The summed E-state index contributed by atoms with van der Waals surface area (Å²) in [6.45, 7) is 7.48. The Morgan fingerprint density at radius 3 is 2.27 bits per heavy atom. The first-order valence-corrected chi connectivity index (χ1v) is 17.5. The number of ether oxygens (including phenoxy) is 3. The van der Waals surface area contributed by atoms with Gasteiger partial charge in [0.05, 0.1) is 29.6 Å². The van der Waals surface area contributed by atoms with Crippen LogP contribution in [0.1, 0.15) is 96.5 Å². The lowest BCUT2D eigenvalue weighted by molar-refractivity contribution is -0.151. The Morgan fingerprint density at radius 2 is 1.56 bits per heavy atom. The largest absolute Gasteiger partial charge is 0.510 e. The highest BCUT2D eigenvalue weighted by Crippen LogP contribution is 2.49. The average Bonchev–Trinajstić information content (AvgIpc) is 3.01. The predicted octanol–water partition coefficient (Wildman–Crippen LogP) is 10.2. The molecule has 250 valence electrons. The van der Waals surface area contributed by atoms with Crippen molar-refractivity contribution in [3.8, 4) is 0 Å². The van der Waals surface area contributed by atoms with Crippen molar-refractivity contribution in [1.29, 1.82) is 0 Å². The molecular formula is C35H49F3N2O4S. The Kier molecular flexibility index (Phi) is 14.2. The molecule has 10 heteroatoms. The fourth-order valence-electron chi connectivity index (χ4n) is 6.00. The molecule has 2 aromatic carbocycles. The highest BCUT2D eigenvalue weighted by molar-refractivity contribution is 7.99. The zero-order valence-electron chi connectivity index (χ0n) is 26.8. The minimum Gasteiger partial charge on any atom is -0.434 e. The number of fused-ring (bicyclic) bond motifs is 2. The van der Waals surface area contributed by atoms with Gasteiger partial charge in [0.2, 0.25) is 6.29 Å². The van der Waals surface area contributed by atoms with Gasteiger partial charge in [0, 0.05) is 29.4 Å². The van der Waals surface area contributed by atoms with E-state index in [1.807, 2.05) is 29.2 Å². The van der Waals surface area contributed by atoms with Crippen molar-refractivity contribution in [2.45, 2.75) is 119 Å². The van der Waals surface area contributed by atoms with Gasteiger partial charge in [0.25, 0.3) is 0 Å². The maximum absolute atomic E-state index is 13.5. The first-order valence-electron chi connectivity index (χ1n) is 16.7. The molecule has 2 aromatic rings. The molecule has 1 unspecified atom stereocenters. The first-order chi connectivity index (χ1) is 21.7. The van der Waals surface area contributed by atoms with Gasteiger partial charge < -0.3 is 24.0 Å². The maximum Gasteiger partial charge on any atom is 0.510 e. The number of anilines is 2. The minimum atomic E-state index is -4.38. The molecule has 4 rings (SSSR count). The van der Waals surface area contributed by atoms with Gasteiger partial charge in [-0.1, -0.05) is 82.2 Å². The van der Waals surface area contributed by atoms with E-state index in [0.29, 0.717) is 18.8 Å². The summed E-state index contributed by atoms with van der Waals surface area (Å²) in [6.07, 6.45) is 7.56. The summed E-state index contributed by atoms with van der Waals surface area (Å²) < 4.78 is 57.0. The Morgan fingerprint density at radius 1 is 0.889 bits per heavy atom. The number of alkyl halides is 3. The lowest BCUT2D eigenvalue weighted by atomic mass is 10.1. The molecule has 0 radical (unpaired) electrons. The smallest absolute Gasteiger partial charge is 0.434 e. The number of carbonyl (C=O) groups excluding carboxylic acids is 1. The second kappa shape index (κ2) is 18.0. The molecule has 2 aliphatic rings. The third-order valence-electron chi connectivity index (χ3n) is 8.46. The molecule has 2 aliphatic heterocycles. The predicted molar refractivity (Wildman–Crippen MR) is 173 cm³/mol. The molecule has 0 aliphatic carbocycles. The molecule has 2 heterocycles. The van der Waals surface area contributed by atoms with Crippen molar-refractivity contribution < 1.29 is 32.2 Å². The van der Waals surface area contributed by atoms with Gasteiger partial charge in [-0.15, -0.1) is 0 Å². The lowest BCUT2D eigenvalue weighted by Crippen LogP contribution is -2.40. The molecule has 1 saturated heterocycles. The standard InChI is InChI=1S/C35H49F3N2O4S/c1-3-4-5-6-7-8-9-10-13-25-42-34(41)44-27(2)43-29-19-23-39(24-20-29)21-14-22-40-30-15-11-12-16-32(30)45-33-18-17-28(26-31(33)40)35(36,37)38/h11-12,15-18,26-27,29H,3-10,13-14,19-25H2,1-2H3. The zero-order chi connectivity index (χ0) is 32.1. The molecule has 45 heavy (non-hydrogen) atoms. The summed E-state index contributed by atoms with van der Waals surface area (Å²) in [6, 6.07) is 11.9. The van der Waals surface area contributed by atoms with Crippen molar-refractivity contribution in [3.05, 3.63) is 48.0 Å². The van der Waals surface area contributed by atoms with Crippen LogP contribution in [0.2, 0.25) is 0 Å². The molecular weight excluding hydrogens is 601 g/mol. The average molecular weight is 651 g/mol. The topological polar surface area (TPSA) is 51.2 Å². The maximum atomic E-state index is 13.5. The van der Waals surface area contributed by atoms with Crippen LogP contribution >= 0.6 is 11.8 Å². The van der Waals surface area contributed by atoms with Gasteiger partial charge >= 0.3 is 12.3 Å². The van der Waals surface area contributed by atoms with Crippen LogP contribution in [0.25, 0.3) is 0 Å². The van der Waals surface area contributed by atoms with Crippen molar-refractivity contribution in [3.63, 3.8) is 0 Å². The highest BCUT2D eigenvalue weighted by atomic mass is 32.2. The fraction of sp³-hybridized carbons (Fsp3) is 0.629. The van der Waals surface area contributed by atoms with Crippen molar-refractivity contribution in [2.24, 2.45) is 0 Å². The summed E-state index contributed by atoms with van der Waals surface area (Å²) in [5.74, 6) is 0. The van der Waals surface area contributed by atoms with Crippen LogP contribution in [0.4, 0.5) is 29.3 Å². The molecule has 0 spiro atoms. The zero-order valence-corrected chi connectivity index (χ0v) is 27.6. The number of likely N-dealkylation sites (tertiary alicyclic amines) is 1. The Bertz CT molecular complexity index is 1190. The van der Waals surface area contributed by atoms with Gasteiger partial charge in [0.15, 0.2) is 0 Å². The van der Waals surface area contributed by atoms with Crippen LogP contribution in [-0.4, -0.2) is 56.2 Å². The summed E-state index contributed by atoms with van der Waals surface area (Å²) in [4.78, 5) is 18.3. The number of piperidine rings is 1. The van der Waals surface area contributed by atoms with E-state index in [2.05, 4.69) is 11.8 Å². The number of nitrogens with zero attached hydrogens (tertiary/aromatic N) is 2. The minimum absolute atomic E-state index is 0.0000361. The number of unbranched alkanes of at least 4 members (excludes halogenated alkanes) is 8. The van der Waals surface area contributed by atoms with Crippen molar-refractivity contribution in [2.75, 3.05) is 37.7 Å². The second-order valence-corrected chi connectivity index (χ2v) is 13.1. The summed E-state index contributed by atoms with van der Waals surface area (Å²) in [5.41, 5.74) is 0.932. The quantitative estimate of drug-likeness (QED) is 0.0959. The van der Waals surface area contributed by atoms with Crippen LogP contribution in [0.3, 0.4) is 0 Å². The number of benzene rings is 2. The van der Waals surface area contributed by atoms with E-state index in [-0.39, 0.29) is 6.10 Å². The fourth-order valence-corrected chi connectivity index (χ4v) is 7.08. The van der Waals surface area contributed by atoms with E-state index < -0.39 is 24.2 Å². The number of halogens is 3. The molecule has 1 atom stereocenters. The van der Waals surface area contributed by atoms with Gasteiger partial charge in [-0.05, 0) is 69.5 Å². The molecule has 0 saturated carbocycles.